The van der Waals surface area contributed by atoms with E-state index in [4.69, 9.17) is 4.74 Å². The quantitative estimate of drug-likeness (QED) is 0.757. The Morgan fingerprint density at radius 1 is 1.20 bits per heavy atom. The van der Waals surface area contributed by atoms with Crippen LogP contribution >= 0.6 is 15.9 Å². The molecule has 1 unspecified atom stereocenters. The number of methoxy groups -OCH3 is 1. The van der Waals surface area contributed by atoms with Crippen molar-refractivity contribution in [3.05, 3.63) is 58.6 Å². The third-order valence-electron chi connectivity index (χ3n) is 4.35. The lowest BCUT2D eigenvalue weighted by molar-refractivity contribution is 0.0792. The number of hydrogen-bond acceptors (Lipinski definition) is 4. The molecule has 5 nitrogen and oxygen atoms in total. The van der Waals surface area contributed by atoms with Crippen molar-refractivity contribution >= 4 is 31.7 Å². The van der Waals surface area contributed by atoms with Crippen molar-refractivity contribution in [3.8, 4) is 5.75 Å². The molecular weight excluding hydrogens is 406 g/mol. The Hall–Kier alpha value is -1.86. The second kappa shape index (κ2) is 7.17. The lowest BCUT2D eigenvalue weighted by Crippen LogP contribution is -2.32. The normalized spacial score (nSPS) is 17.5. The molecule has 1 amide bonds. The number of ether oxygens (including phenoxy) is 1. The molecular formula is C18H18BrNO4S. The second-order valence-corrected chi connectivity index (χ2v) is 8.95. The van der Waals surface area contributed by atoms with Crippen LogP contribution in [0.2, 0.25) is 0 Å². The number of likely N-dealkylation sites (tertiary alicyclic amines) is 1. The number of rotatable bonds is 4. The number of amides is 1. The van der Waals surface area contributed by atoms with Crippen LogP contribution in [0.4, 0.5) is 0 Å². The van der Waals surface area contributed by atoms with Crippen LogP contribution in [0.3, 0.4) is 0 Å². The summed E-state index contributed by atoms with van der Waals surface area (Å²) in [6.07, 6.45) is 0.435. The number of sulfone groups is 1. The molecule has 1 aliphatic heterocycles. The zero-order valence-corrected chi connectivity index (χ0v) is 16.1. The minimum Gasteiger partial charge on any atom is -0.497 e. The average molecular weight is 424 g/mol. The molecule has 1 saturated heterocycles. The van der Waals surface area contributed by atoms with E-state index in [1.807, 2.05) is 0 Å². The van der Waals surface area contributed by atoms with Crippen LogP contribution in [0.15, 0.2) is 57.9 Å². The van der Waals surface area contributed by atoms with E-state index in [0.717, 1.165) is 0 Å². The third kappa shape index (κ3) is 3.57. The number of carbonyl (C=O) groups is 1. The van der Waals surface area contributed by atoms with Gasteiger partial charge >= 0.3 is 0 Å². The summed E-state index contributed by atoms with van der Waals surface area (Å²) in [7, 11) is -1.90. The van der Waals surface area contributed by atoms with Crippen LogP contribution in [0.1, 0.15) is 16.8 Å². The lowest BCUT2D eigenvalue weighted by Gasteiger charge is -2.18. The average Bonchev–Trinajstić information content (AvgIpc) is 3.13. The van der Waals surface area contributed by atoms with Gasteiger partial charge in [0.25, 0.3) is 5.91 Å². The number of halogens is 1. The van der Waals surface area contributed by atoms with E-state index in [1.165, 1.54) is 7.11 Å². The number of nitrogens with zero attached hydrogens (tertiary/aromatic N) is 1. The van der Waals surface area contributed by atoms with E-state index in [9.17, 15) is 13.2 Å². The largest absolute Gasteiger partial charge is 0.497 e. The highest BCUT2D eigenvalue weighted by molar-refractivity contribution is 9.10. The van der Waals surface area contributed by atoms with Gasteiger partial charge in [-0.15, -0.1) is 0 Å². The summed E-state index contributed by atoms with van der Waals surface area (Å²) in [6.45, 7) is 0.610. The molecule has 7 heteroatoms. The molecule has 0 aromatic heterocycles. The fraction of sp³-hybridized carbons (Fsp3) is 0.278. The van der Waals surface area contributed by atoms with E-state index < -0.39 is 15.1 Å². The highest BCUT2D eigenvalue weighted by atomic mass is 79.9. The monoisotopic (exact) mass is 423 g/mol. The molecule has 0 N–H and O–H groups in total. The van der Waals surface area contributed by atoms with Crippen LogP contribution in [0, 0.1) is 0 Å². The molecule has 0 saturated carbocycles. The van der Waals surface area contributed by atoms with E-state index in [-0.39, 0.29) is 12.5 Å². The van der Waals surface area contributed by atoms with Gasteiger partial charge in [0.1, 0.15) is 5.75 Å². The molecule has 2 aromatic carbocycles. The second-order valence-electron chi connectivity index (χ2n) is 5.87. The number of hydrogen-bond donors (Lipinski definition) is 0. The maximum Gasteiger partial charge on any atom is 0.255 e. The molecule has 1 atom stereocenters. The van der Waals surface area contributed by atoms with E-state index in [1.54, 1.807) is 53.4 Å². The van der Waals surface area contributed by atoms with Gasteiger partial charge in [0.15, 0.2) is 9.84 Å². The highest BCUT2D eigenvalue weighted by Gasteiger charge is 2.36. The van der Waals surface area contributed by atoms with Gasteiger partial charge in [-0.2, -0.15) is 0 Å². The fourth-order valence-corrected chi connectivity index (χ4v) is 5.06. The summed E-state index contributed by atoms with van der Waals surface area (Å²) in [6, 6.07) is 13.6. The van der Waals surface area contributed by atoms with Crippen LogP contribution in [0.5, 0.6) is 5.75 Å². The Labute approximate surface area is 155 Å². The zero-order valence-electron chi connectivity index (χ0n) is 13.7. The third-order valence-corrected chi connectivity index (χ3v) is 7.23. The predicted molar refractivity (Wildman–Crippen MR) is 98.6 cm³/mol. The van der Waals surface area contributed by atoms with Gasteiger partial charge in [0.2, 0.25) is 0 Å². The fourth-order valence-electron chi connectivity index (χ4n) is 2.93. The van der Waals surface area contributed by atoms with Gasteiger partial charge in [-0.25, -0.2) is 8.42 Å². The first-order valence-corrected chi connectivity index (χ1v) is 10.2. The van der Waals surface area contributed by atoms with Gasteiger partial charge in [0, 0.05) is 17.6 Å². The molecule has 0 bridgehead atoms. The van der Waals surface area contributed by atoms with Crippen molar-refractivity contribution in [3.63, 3.8) is 0 Å². The summed E-state index contributed by atoms with van der Waals surface area (Å²) < 4.78 is 31.3. The summed E-state index contributed by atoms with van der Waals surface area (Å²) in [5, 5.41) is -0.580. The van der Waals surface area contributed by atoms with Crippen molar-refractivity contribution in [2.45, 2.75) is 16.6 Å². The lowest BCUT2D eigenvalue weighted by atomic mass is 10.2. The first-order chi connectivity index (χ1) is 11.9. The molecule has 0 radical (unpaired) electrons. The molecule has 132 valence electrons. The van der Waals surface area contributed by atoms with Crippen molar-refractivity contribution in [1.82, 2.24) is 4.90 Å². The van der Waals surface area contributed by atoms with Crippen LogP contribution in [-0.2, 0) is 9.84 Å². The maximum atomic E-state index is 12.8. The Bertz CT molecular complexity index is 883. The van der Waals surface area contributed by atoms with Crippen molar-refractivity contribution in [2.24, 2.45) is 0 Å². The Balaban J connectivity index is 1.80. The van der Waals surface area contributed by atoms with Crippen molar-refractivity contribution < 1.29 is 17.9 Å². The van der Waals surface area contributed by atoms with E-state index in [2.05, 4.69) is 15.9 Å². The molecule has 0 spiro atoms. The molecule has 1 fully saturated rings. The van der Waals surface area contributed by atoms with Gasteiger partial charge in [-0.1, -0.05) is 18.2 Å². The van der Waals surface area contributed by atoms with Crippen molar-refractivity contribution in [2.75, 3.05) is 20.2 Å². The van der Waals surface area contributed by atoms with Crippen LogP contribution in [-0.4, -0.2) is 44.7 Å². The summed E-state index contributed by atoms with van der Waals surface area (Å²) in [5.41, 5.74) is 0.470. The SMILES string of the molecule is COc1ccc(Br)c(C(=O)N2CCC(S(=O)(=O)c3ccccc3)C2)c1. The number of carbonyl (C=O) groups excluding carboxylic acids is 1. The van der Waals surface area contributed by atoms with E-state index in [0.29, 0.717) is 33.6 Å². The van der Waals surface area contributed by atoms with E-state index >= 15 is 0 Å². The Morgan fingerprint density at radius 2 is 1.92 bits per heavy atom. The molecule has 3 rings (SSSR count). The molecule has 2 aromatic rings. The summed E-state index contributed by atoms with van der Waals surface area (Å²) >= 11 is 3.38. The summed E-state index contributed by atoms with van der Waals surface area (Å²) in [5.74, 6) is 0.385. The zero-order chi connectivity index (χ0) is 18.0. The molecule has 1 heterocycles. The topological polar surface area (TPSA) is 63.7 Å². The minimum absolute atomic E-state index is 0.194. The van der Waals surface area contributed by atoms with Crippen LogP contribution < -0.4 is 4.74 Å². The number of benzene rings is 2. The van der Waals surface area contributed by atoms with Gasteiger partial charge < -0.3 is 9.64 Å². The van der Waals surface area contributed by atoms with Gasteiger partial charge in [0.05, 0.1) is 22.8 Å². The van der Waals surface area contributed by atoms with Gasteiger partial charge in [-0.05, 0) is 52.7 Å². The Morgan fingerprint density at radius 3 is 2.60 bits per heavy atom. The first-order valence-electron chi connectivity index (χ1n) is 7.85. The van der Waals surface area contributed by atoms with Crippen molar-refractivity contribution in [1.29, 1.82) is 0 Å². The molecule has 1 aliphatic rings. The first kappa shape index (κ1) is 17.9. The standard InChI is InChI=1S/C18H18BrNO4S/c1-24-13-7-8-17(19)16(11-13)18(21)20-10-9-15(12-20)25(22,23)14-5-3-2-4-6-14/h2-8,11,15H,9-10,12H2,1H3. The van der Waals surface area contributed by atoms with Gasteiger partial charge in [-0.3, -0.25) is 4.79 Å². The Kier molecular flexibility index (Phi) is 5.15. The minimum atomic E-state index is -3.44. The maximum absolute atomic E-state index is 12.8. The highest BCUT2D eigenvalue weighted by Crippen LogP contribution is 2.28. The van der Waals surface area contributed by atoms with Crippen LogP contribution in [0.25, 0.3) is 0 Å². The molecule has 0 aliphatic carbocycles. The molecule has 25 heavy (non-hydrogen) atoms. The predicted octanol–water partition coefficient (Wildman–Crippen LogP) is 3.15. The smallest absolute Gasteiger partial charge is 0.255 e. The summed E-state index contributed by atoms with van der Waals surface area (Å²) in [4.78, 5) is 14.7.